The van der Waals surface area contributed by atoms with Gasteiger partial charge < -0.3 is 16.2 Å². The highest BCUT2D eigenvalue weighted by molar-refractivity contribution is 7.89. The Hall–Kier alpha value is -1.31. The molecule has 6 nitrogen and oxygen atoms in total. The Kier molecular flexibility index (Phi) is 4.46. The Morgan fingerprint density at radius 1 is 1.33 bits per heavy atom. The second-order valence-corrected chi connectivity index (χ2v) is 7.66. The van der Waals surface area contributed by atoms with Gasteiger partial charge in [-0.05, 0) is 49.8 Å². The van der Waals surface area contributed by atoms with E-state index in [4.69, 9.17) is 10.9 Å². The molecule has 0 amide bonds. The molecule has 0 aliphatic heterocycles. The van der Waals surface area contributed by atoms with E-state index in [1.807, 2.05) is 0 Å². The molecule has 1 aromatic carbocycles. The van der Waals surface area contributed by atoms with Crippen LogP contribution in [0.3, 0.4) is 0 Å². The van der Waals surface area contributed by atoms with Gasteiger partial charge in [0.2, 0.25) is 10.0 Å². The third kappa shape index (κ3) is 4.33. The van der Waals surface area contributed by atoms with Crippen LogP contribution < -0.4 is 16.2 Å². The molecule has 0 radical (unpaired) electrons. The number of rotatable bonds is 4. The van der Waals surface area contributed by atoms with E-state index in [0.29, 0.717) is 23.8 Å². The van der Waals surface area contributed by atoms with Crippen LogP contribution in [-0.4, -0.2) is 25.7 Å². The predicted octanol–water partition coefficient (Wildman–Crippen LogP) is 1.27. The number of anilines is 2. The van der Waals surface area contributed by atoms with Gasteiger partial charge in [0.05, 0.1) is 10.5 Å². The third-order valence-corrected chi connectivity index (χ3v) is 4.98. The number of nitrogens with two attached hydrogens (primary N) is 2. The van der Waals surface area contributed by atoms with Gasteiger partial charge in [-0.1, -0.05) is 6.92 Å². The summed E-state index contributed by atoms with van der Waals surface area (Å²) in [6, 6.07) is 4.38. The molecule has 1 aromatic rings. The summed E-state index contributed by atoms with van der Waals surface area (Å²) in [6.07, 6.45) is 3.48. The van der Waals surface area contributed by atoms with Gasteiger partial charge in [-0.25, -0.2) is 13.6 Å². The van der Waals surface area contributed by atoms with Gasteiger partial charge in [0.25, 0.3) is 0 Å². The average molecular weight is 313 g/mol. The first-order valence-electron chi connectivity index (χ1n) is 7.08. The Balaban J connectivity index is 2.08. The summed E-state index contributed by atoms with van der Waals surface area (Å²) in [7, 11) is -3.80. The van der Waals surface area contributed by atoms with Gasteiger partial charge >= 0.3 is 0 Å². The second-order valence-electron chi connectivity index (χ2n) is 6.10. The van der Waals surface area contributed by atoms with E-state index < -0.39 is 15.6 Å². The molecule has 0 saturated heterocycles. The quantitative estimate of drug-likeness (QED) is 0.624. The molecule has 6 N–H and O–H groups in total. The van der Waals surface area contributed by atoms with Crippen LogP contribution in [0.25, 0.3) is 0 Å². The van der Waals surface area contributed by atoms with E-state index in [0.717, 1.165) is 25.7 Å². The van der Waals surface area contributed by atoms with Gasteiger partial charge in [-0.2, -0.15) is 0 Å². The van der Waals surface area contributed by atoms with Crippen molar-refractivity contribution in [1.29, 1.82) is 0 Å². The fraction of sp³-hybridized carbons (Fsp3) is 0.571. The highest BCUT2D eigenvalue weighted by Gasteiger charge is 2.31. The molecule has 1 fully saturated rings. The largest absolute Gasteiger partial charge is 0.399 e. The van der Waals surface area contributed by atoms with Crippen molar-refractivity contribution < 1.29 is 13.5 Å². The molecular weight excluding hydrogens is 290 g/mol. The zero-order valence-electron chi connectivity index (χ0n) is 12.2. The third-order valence-electron chi connectivity index (χ3n) is 4.08. The summed E-state index contributed by atoms with van der Waals surface area (Å²) in [5.41, 5.74) is 5.80. The lowest BCUT2D eigenvalue weighted by atomic mass is 9.79. The number of primary sulfonamides is 1. The molecule has 1 aliphatic rings. The van der Waals surface area contributed by atoms with E-state index in [9.17, 15) is 13.5 Å². The van der Waals surface area contributed by atoms with Crippen molar-refractivity contribution in [1.82, 2.24) is 0 Å². The van der Waals surface area contributed by atoms with Crippen LogP contribution in [0.5, 0.6) is 0 Å². The standard InChI is InChI=1S/C14H23N3O3S/c1-10-2-4-14(18,5-3-10)9-17-12-6-11(15)7-13(8-12)21(16,19)20/h6-8,10,17-18H,2-5,9,15H2,1H3,(H2,16,19,20). The van der Waals surface area contributed by atoms with Crippen LogP contribution in [0, 0.1) is 5.92 Å². The van der Waals surface area contributed by atoms with Crippen LogP contribution in [0.4, 0.5) is 11.4 Å². The van der Waals surface area contributed by atoms with Gasteiger partial charge in [-0.3, -0.25) is 0 Å². The van der Waals surface area contributed by atoms with Crippen molar-refractivity contribution in [3.05, 3.63) is 18.2 Å². The molecule has 0 bridgehead atoms. The maximum Gasteiger partial charge on any atom is 0.238 e. The smallest absolute Gasteiger partial charge is 0.238 e. The first kappa shape index (κ1) is 16.1. The topological polar surface area (TPSA) is 118 Å². The molecular formula is C14H23N3O3S. The lowest BCUT2D eigenvalue weighted by molar-refractivity contribution is 0.00501. The summed E-state index contributed by atoms with van der Waals surface area (Å²) in [5, 5.41) is 18.7. The van der Waals surface area contributed by atoms with E-state index in [-0.39, 0.29) is 4.90 Å². The van der Waals surface area contributed by atoms with Gasteiger partial charge in [0.1, 0.15) is 0 Å². The summed E-state index contributed by atoms with van der Waals surface area (Å²) >= 11 is 0. The minimum atomic E-state index is -3.80. The van der Waals surface area contributed by atoms with Gasteiger partial charge in [-0.15, -0.1) is 0 Å². The van der Waals surface area contributed by atoms with Crippen LogP contribution >= 0.6 is 0 Å². The zero-order chi connectivity index (χ0) is 15.7. The highest BCUT2D eigenvalue weighted by Crippen LogP contribution is 2.32. The van der Waals surface area contributed by atoms with E-state index >= 15 is 0 Å². The fourth-order valence-electron chi connectivity index (χ4n) is 2.63. The maximum absolute atomic E-state index is 11.4. The number of sulfonamides is 1. The fourth-order valence-corrected chi connectivity index (χ4v) is 3.22. The molecule has 0 unspecified atom stereocenters. The average Bonchev–Trinajstić information content (AvgIpc) is 2.39. The Bertz CT molecular complexity index is 608. The number of aliphatic hydroxyl groups is 1. The Labute approximate surface area is 125 Å². The minimum absolute atomic E-state index is 0.0331. The number of nitrogen functional groups attached to an aromatic ring is 1. The number of hydrogen-bond donors (Lipinski definition) is 4. The van der Waals surface area contributed by atoms with Crippen LogP contribution in [-0.2, 0) is 10.0 Å². The van der Waals surface area contributed by atoms with Crippen molar-refractivity contribution in [2.45, 2.75) is 43.1 Å². The second kappa shape index (κ2) is 5.82. The first-order valence-corrected chi connectivity index (χ1v) is 8.62. The normalized spacial score (nSPS) is 26.5. The van der Waals surface area contributed by atoms with Crippen molar-refractivity contribution in [3.8, 4) is 0 Å². The molecule has 118 valence electrons. The molecule has 21 heavy (non-hydrogen) atoms. The van der Waals surface area contributed by atoms with Crippen molar-refractivity contribution in [2.75, 3.05) is 17.6 Å². The zero-order valence-corrected chi connectivity index (χ0v) is 13.0. The molecule has 1 aliphatic carbocycles. The van der Waals surface area contributed by atoms with Gasteiger partial charge in [0.15, 0.2) is 0 Å². The molecule has 2 rings (SSSR count). The highest BCUT2D eigenvalue weighted by atomic mass is 32.2. The summed E-state index contributed by atoms with van der Waals surface area (Å²) < 4.78 is 22.8. The van der Waals surface area contributed by atoms with E-state index in [1.54, 1.807) is 6.07 Å². The number of nitrogens with one attached hydrogen (secondary N) is 1. The molecule has 0 spiro atoms. The van der Waals surface area contributed by atoms with Crippen LogP contribution in [0.1, 0.15) is 32.6 Å². The summed E-state index contributed by atoms with van der Waals surface area (Å²) in [4.78, 5) is -0.0331. The summed E-state index contributed by atoms with van der Waals surface area (Å²) in [5.74, 6) is 0.645. The lowest BCUT2D eigenvalue weighted by Gasteiger charge is -2.35. The molecule has 1 saturated carbocycles. The Morgan fingerprint density at radius 3 is 2.52 bits per heavy atom. The van der Waals surface area contributed by atoms with Crippen molar-refractivity contribution in [2.24, 2.45) is 11.1 Å². The maximum atomic E-state index is 11.4. The number of benzene rings is 1. The predicted molar refractivity (Wildman–Crippen MR) is 83.3 cm³/mol. The first-order chi connectivity index (χ1) is 9.68. The minimum Gasteiger partial charge on any atom is -0.399 e. The SMILES string of the molecule is CC1CCC(O)(CNc2cc(N)cc(S(N)(=O)=O)c2)CC1. The van der Waals surface area contributed by atoms with Crippen molar-refractivity contribution in [3.63, 3.8) is 0 Å². The lowest BCUT2D eigenvalue weighted by Crippen LogP contribution is -2.40. The van der Waals surface area contributed by atoms with Crippen molar-refractivity contribution >= 4 is 21.4 Å². The van der Waals surface area contributed by atoms with Crippen LogP contribution in [0.2, 0.25) is 0 Å². The molecule has 0 aromatic heterocycles. The summed E-state index contributed by atoms with van der Waals surface area (Å²) in [6.45, 7) is 2.55. The van der Waals surface area contributed by atoms with E-state index in [1.165, 1.54) is 12.1 Å². The molecule has 0 heterocycles. The number of hydrogen-bond acceptors (Lipinski definition) is 5. The van der Waals surface area contributed by atoms with Gasteiger partial charge in [0, 0.05) is 17.9 Å². The molecule has 7 heteroatoms. The van der Waals surface area contributed by atoms with E-state index in [2.05, 4.69) is 12.2 Å². The van der Waals surface area contributed by atoms with Crippen LogP contribution in [0.15, 0.2) is 23.1 Å². The monoisotopic (exact) mass is 313 g/mol. The molecule has 0 atom stereocenters. The Morgan fingerprint density at radius 2 is 1.95 bits per heavy atom.